The molecule has 2 saturated heterocycles. The minimum absolute atomic E-state index is 0.173. The van der Waals surface area contributed by atoms with Crippen LogP contribution in [0.5, 0.6) is 0 Å². The molecule has 3 unspecified atom stereocenters. The molecule has 0 aromatic carbocycles. The Kier molecular flexibility index (Phi) is 3.68. The maximum atomic E-state index is 6.07. The fourth-order valence-corrected chi connectivity index (χ4v) is 3.15. The lowest BCUT2D eigenvalue weighted by atomic mass is 10.1. The van der Waals surface area contributed by atoms with E-state index in [-0.39, 0.29) is 12.1 Å². The van der Waals surface area contributed by atoms with Crippen molar-refractivity contribution in [3.8, 4) is 0 Å². The van der Waals surface area contributed by atoms with Crippen LogP contribution in [0.2, 0.25) is 0 Å². The molecule has 2 aliphatic rings. The Morgan fingerprint density at radius 1 is 1.56 bits per heavy atom. The molecule has 2 aliphatic heterocycles. The summed E-state index contributed by atoms with van der Waals surface area (Å²) in [5.74, 6) is 0.986. The van der Waals surface area contributed by atoms with Gasteiger partial charge in [0, 0.05) is 12.6 Å². The van der Waals surface area contributed by atoms with Crippen molar-refractivity contribution < 1.29 is 9.15 Å². The van der Waals surface area contributed by atoms with Gasteiger partial charge in [-0.3, -0.25) is 4.90 Å². The fourth-order valence-electron chi connectivity index (χ4n) is 3.15. The number of nitrogens with zero attached hydrogens (tertiary/aromatic N) is 1. The average molecular weight is 250 g/mol. The summed E-state index contributed by atoms with van der Waals surface area (Å²) in [6, 6.07) is 4.81. The lowest BCUT2D eigenvalue weighted by Crippen LogP contribution is -2.50. The number of morpholine rings is 1. The Bertz CT molecular complexity index is 366. The zero-order valence-corrected chi connectivity index (χ0v) is 11.0. The molecule has 0 saturated carbocycles. The van der Waals surface area contributed by atoms with Gasteiger partial charge >= 0.3 is 0 Å². The van der Waals surface area contributed by atoms with Crippen molar-refractivity contribution in [2.45, 2.75) is 38.0 Å². The standard InChI is InChI=1S/C14H22N2O2/c1-2-15-14(12-6-4-8-17-12)13-9-16-7-3-5-11(16)10-18-13/h4,6,8,11,13-15H,2-3,5,7,9-10H2,1H3. The molecule has 1 N–H and O–H groups in total. The van der Waals surface area contributed by atoms with Crippen molar-refractivity contribution in [1.29, 1.82) is 0 Å². The Morgan fingerprint density at radius 3 is 3.28 bits per heavy atom. The molecule has 3 rings (SSSR count). The molecule has 4 heteroatoms. The van der Waals surface area contributed by atoms with E-state index < -0.39 is 0 Å². The van der Waals surface area contributed by atoms with Crippen LogP contribution in [0.15, 0.2) is 22.8 Å². The average Bonchev–Trinajstić information content (AvgIpc) is 3.05. The van der Waals surface area contributed by atoms with Crippen LogP contribution >= 0.6 is 0 Å². The summed E-state index contributed by atoms with van der Waals surface area (Å²) in [5, 5.41) is 3.49. The largest absolute Gasteiger partial charge is 0.468 e. The molecule has 0 bridgehead atoms. The van der Waals surface area contributed by atoms with Crippen molar-refractivity contribution in [2.75, 3.05) is 26.2 Å². The maximum Gasteiger partial charge on any atom is 0.123 e. The van der Waals surface area contributed by atoms with Gasteiger partial charge in [-0.05, 0) is 38.1 Å². The number of hydrogen-bond acceptors (Lipinski definition) is 4. The lowest BCUT2D eigenvalue weighted by molar-refractivity contribution is -0.0678. The van der Waals surface area contributed by atoms with Gasteiger partial charge in [0.2, 0.25) is 0 Å². The van der Waals surface area contributed by atoms with Crippen LogP contribution in [-0.4, -0.2) is 43.3 Å². The van der Waals surface area contributed by atoms with Crippen LogP contribution in [0.3, 0.4) is 0 Å². The molecule has 3 atom stereocenters. The normalized spacial score (nSPS) is 30.3. The van der Waals surface area contributed by atoms with Crippen molar-refractivity contribution in [3.05, 3.63) is 24.2 Å². The van der Waals surface area contributed by atoms with Gasteiger partial charge < -0.3 is 14.5 Å². The molecule has 0 spiro atoms. The number of likely N-dealkylation sites (N-methyl/N-ethyl adjacent to an activating group) is 1. The van der Waals surface area contributed by atoms with E-state index in [2.05, 4.69) is 17.1 Å². The highest BCUT2D eigenvalue weighted by atomic mass is 16.5. The van der Waals surface area contributed by atoms with E-state index in [9.17, 15) is 0 Å². The van der Waals surface area contributed by atoms with Crippen LogP contribution in [0.25, 0.3) is 0 Å². The third-order valence-corrected chi connectivity index (χ3v) is 4.06. The monoisotopic (exact) mass is 250 g/mol. The molecule has 18 heavy (non-hydrogen) atoms. The minimum Gasteiger partial charge on any atom is -0.468 e. The van der Waals surface area contributed by atoms with Crippen LogP contribution < -0.4 is 5.32 Å². The van der Waals surface area contributed by atoms with Gasteiger partial charge in [0.05, 0.1) is 25.0 Å². The molecular weight excluding hydrogens is 228 g/mol. The maximum absolute atomic E-state index is 6.07. The van der Waals surface area contributed by atoms with Crippen LogP contribution in [0.1, 0.15) is 31.6 Å². The highest BCUT2D eigenvalue weighted by Crippen LogP contribution is 2.28. The van der Waals surface area contributed by atoms with Gasteiger partial charge in [0.25, 0.3) is 0 Å². The highest BCUT2D eigenvalue weighted by Gasteiger charge is 2.36. The van der Waals surface area contributed by atoms with E-state index in [0.29, 0.717) is 6.04 Å². The van der Waals surface area contributed by atoms with Crippen molar-refractivity contribution >= 4 is 0 Å². The number of hydrogen-bond donors (Lipinski definition) is 1. The Balaban J connectivity index is 1.71. The van der Waals surface area contributed by atoms with E-state index in [0.717, 1.165) is 25.5 Å². The van der Waals surface area contributed by atoms with Gasteiger partial charge in [0.15, 0.2) is 0 Å². The molecule has 0 aliphatic carbocycles. The number of ether oxygens (including phenoxy) is 1. The number of rotatable bonds is 4. The van der Waals surface area contributed by atoms with E-state index >= 15 is 0 Å². The molecule has 100 valence electrons. The second-order valence-corrected chi connectivity index (χ2v) is 5.21. The van der Waals surface area contributed by atoms with Crippen molar-refractivity contribution in [3.63, 3.8) is 0 Å². The molecule has 4 nitrogen and oxygen atoms in total. The first-order chi connectivity index (χ1) is 8.88. The third kappa shape index (κ3) is 2.32. The van der Waals surface area contributed by atoms with E-state index in [1.807, 2.05) is 12.1 Å². The van der Waals surface area contributed by atoms with E-state index in [4.69, 9.17) is 9.15 Å². The summed E-state index contributed by atoms with van der Waals surface area (Å²) < 4.78 is 11.6. The first-order valence-electron chi connectivity index (χ1n) is 7.01. The predicted octanol–water partition coefficient (Wildman–Crippen LogP) is 1.79. The second-order valence-electron chi connectivity index (χ2n) is 5.21. The van der Waals surface area contributed by atoms with E-state index in [1.54, 1.807) is 6.26 Å². The van der Waals surface area contributed by atoms with Gasteiger partial charge in [0.1, 0.15) is 5.76 Å². The molecule has 3 heterocycles. The molecule has 0 radical (unpaired) electrons. The smallest absolute Gasteiger partial charge is 0.123 e. The molecule has 1 aromatic heterocycles. The second kappa shape index (κ2) is 5.43. The Morgan fingerprint density at radius 2 is 2.50 bits per heavy atom. The first kappa shape index (κ1) is 12.2. The molecule has 1 aromatic rings. The van der Waals surface area contributed by atoms with E-state index in [1.165, 1.54) is 19.4 Å². The summed E-state index contributed by atoms with van der Waals surface area (Å²) in [4.78, 5) is 2.57. The molecule has 0 amide bonds. The predicted molar refractivity (Wildman–Crippen MR) is 69.5 cm³/mol. The molecule has 2 fully saturated rings. The summed E-state index contributed by atoms with van der Waals surface area (Å²) >= 11 is 0. The number of fused-ring (bicyclic) bond motifs is 1. The van der Waals surface area contributed by atoms with Crippen molar-refractivity contribution in [1.82, 2.24) is 10.2 Å². The Hall–Kier alpha value is -0.840. The third-order valence-electron chi connectivity index (χ3n) is 4.06. The van der Waals surface area contributed by atoms with Crippen LogP contribution in [0.4, 0.5) is 0 Å². The Labute approximate surface area is 108 Å². The van der Waals surface area contributed by atoms with Gasteiger partial charge in [-0.2, -0.15) is 0 Å². The van der Waals surface area contributed by atoms with Crippen molar-refractivity contribution in [2.24, 2.45) is 0 Å². The van der Waals surface area contributed by atoms with Gasteiger partial charge in [-0.1, -0.05) is 6.92 Å². The topological polar surface area (TPSA) is 37.6 Å². The highest BCUT2D eigenvalue weighted by molar-refractivity contribution is 5.08. The quantitative estimate of drug-likeness (QED) is 0.884. The first-order valence-corrected chi connectivity index (χ1v) is 7.01. The molecular formula is C14H22N2O2. The number of furan rings is 1. The zero-order chi connectivity index (χ0) is 12.4. The zero-order valence-electron chi connectivity index (χ0n) is 11.0. The van der Waals surface area contributed by atoms with Gasteiger partial charge in [-0.15, -0.1) is 0 Å². The summed E-state index contributed by atoms with van der Waals surface area (Å²) in [5.41, 5.74) is 0. The summed E-state index contributed by atoms with van der Waals surface area (Å²) in [6.45, 7) is 6.16. The minimum atomic E-state index is 0.173. The SMILES string of the molecule is CCNC(c1ccco1)C1CN2CCCC2CO1. The van der Waals surface area contributed by atoms with Crippen LogP contribution in [-0.2, 0) is 4.74 Å². The summed E-state index contributed by atoms with van der Waals surface area (Å²) in [6.07, 6.45) is 4.54. The number of nitrogens with one attached hydrogen (secondary N) is 1. The van der Waals surface area contributed by atoms with Crippen LogP contribution in [0, 0.1) is 0 Å². The summed E-state index contributed by atoms with van der Waals surface area (Å²) in [7, 11) is 0. The van der Waals surface area contributed by atoms with Gasteiger partial charge in [-0.25, -0.2) is 0 Å². The lowest BCUT2D eigenvalue weighted by Gasteiger charge is -2.38. The fraction of sp³-hybridized carbons (Fsp3) is 0.714.